The van der Waals surface area contributed by atoms with Crippen LogP contribution in [0, 0.1) is 39.9 Å². The molecule has 1 aliphatic carbocycles. The maximum absolute atomic E-state index is 13.8. The van der Waals surface area contributed by atoms with E-state index in [0.29, 0.717) is 34.5 Å². The van der Waals surface area contributed by atoms with Crippen LogP contribution < -0.4 is 15.0 Å². The molecule has 1 atom stereocenters. The van der Waals surface area contributed by atoms with Gasteiger partial charge in [0.25, 0.3) is 17.7 Å². The van der Waals surface area contributed by atoms with Crippen LogP contribution >= 0.6 is 11.6 Å². The first-order valence-electron chi connectivity index (χ1n) is 20.3. The molecule has 59 heavy (non-hydrogen) atoms. The molecule has 13 heteroatoms. The lowest BCUT2D eigenvalue weighted by atomic mass is 9.49. The number of piperidine rings is 2. The zero-order valence-electron chi connectivity index (χ0n) is 33.5. The van der Waals surface area contributed by atoms with Crippen molar-refractivity contribution in [1.29, 1.82) is 5.26 Å². The monoisotopic (exact) mass is 812 g/mol. The van der Waals surface area contributed by atoms with E-state index in [1.54, 1.807) is 30.3 Å². The topological polar surface area (TPSA) is 143 Å². The highest BCUT2D eigenvalue weighted by molar-refractivity contribution is 6.31. The predicted octanol–water partition coefficient (Wildman–Crippen LogP) is 5.40. The van der Waals surface area contributed by atoms with E-state index in [0.717, 1.165) is 66.3 Å². The van der Waals surface area contributed by atoms with Gasteiger partial charge in [-0.1, -0.05) is 51.1 Å². The number of hydrogen-bond donors (Lipinski definition) is 1. The van der Waals surface area contributed by atoms with Crippen LogP contribution in [0.3, 0.4) is 0 Å². The lowest BCUT2D eigenvalue weighted by molar-refractivity contribution is -0.199. The highest BCUT2D eigenvalue weighted by Crippen LogP contribution is 2.59. The molecule has 4 fully saturated rings. The van der Waals surface area contributed by atoms with Crippen LogP contribution in [0.1, 0.15) is 101 Å². The molecule has 3 aromatic carbocycles. The number of hydrogen-bond acceptors (Lipinski definition) is 9. The fourth-order valence-electron chi connectivity index (χ4n) is 10.9. The minimum Gasteiger partial charge on any atom is -0.489 e. The van der Waals surface area contributed by atoms with E-state index >= 15 is 0 Å². The highest BCUT2D eigenvalue weighted by Gasteiger charge is 2.67. The second-order valence-electron chi connectivity index (χ2n) is 17.9. The summed E-state index contributed by atoms with van der Waals surface area (Å²) in [4.78, 5) is 72.1. The van der Waals surface area contributed by atoms with Crippen molar-refractivity contribution in [3.8, 4) is 23.7 Å². The molecule has 3 aromatic rings. The van der Waals surface area contributed by atoms with Gasteiger partial charge in [0.1, 0.15) is 24.0 Å². The Bertz CT molecular complexity index is 2430. The summed E-state index contributed by atoms with van der Waals surface area (Å²) >= 11 is 6.29. The van der Waals surface area contributed by atoms with Crippen LogP contribution in [0.25, 0.3) is 0 Å². The molecule has 1 N–H and O–H groups in total. The number of likely N-dealkylation sites (tertiary alicyclic amines) is 1. The van der Waals surface area contributed by atoms with Gasteiger partial charge in [-0.2, -0.15) is 5.26 Å². The summed E-state index contributed by atoms with van der Waals surface area (Å²) in [5.41, 5.74) is 3.80. The average molecular weight is 813 g/mol. The Hall–Kier alpha value is -5.69. The van der Waals surface area contributed by atoms with E-state index < -0.39 is 29.7 Å². The molecule has 0 radical (unpaired) electrons. The van der Waals surface area contributed by atoms with Crippen molar-refractivity contribution in [2.75, 3.05) is 31.1 Å². The molecule has 5 amide bonds. The molecule has 1 unspecified atom stereocenters. The summed E-state index contributed by atoms with van der Waals surface area (Å²) in [5, 5.41) is 11.9. The first-order chi connectivity index (χ1) is 28.1. The Morgan fingerprint density at radius 3 is 2.24 bits per heavy atom. The summed E-state index contributed by atoms with van der Waals surface area (Å²) in [7, 11) is 0. The van der Waals surface area contributed by atoms with E-state index in [4.69, 9.17) is 16.3 Å². The van der Waals surface area contributed by atoms with E-state index in [2.05, 4.69) is 66.8 Å². The van der Waals surface area contributed by atoms with Gasteiger partial charge in [0, 0.05) is 90.9 Å². The van der Waals surface area contributed by atoms with Crippen molar-refractivity contribution >= 4 is 46.8 Å². The minimum absolute atomic E-state index is 0.0300. The number of rotatable bonds is 6. The number of amides is 5. The third-order valence-electron chi connectivity index (χ3n) is 13.4. The minimum atomic E-state index is -0.979. The van der Waals surface area contributed by atoms with Gasteiger partial charge >= 0.3 is 0 Å². The van der Waals surface area contributed by atoms with Gasteiger partial charge in [0.15, 0.2) is 0 Å². The first-order valence-corrected chi connectivity index (χ1v) is 20.7. The third-order valence-corrected chi connectivity index (χ3v) is 13.7. The Balaban J connectivity index is 0.776. The summed E-state index contributed by atoms with van der Waals surface area (Å²) in [5.74, 6) is 5.78. The molecular formula is C46H45ClN6O6. The molecule has 0 aromatic heterocycles. The van der Waals surface area contributed by atoms with Crippen LogP contribution in [0.15, 0.2) is 54.6 Å². The second-order valence-corrected chi connectivity index (χ2v) is 18.3. The van der Waals surface area contributed by atoms with Gasteiger partial charge in [-0.15, -0.1) is 0 Å². The van der Waals surface area contributed by atoms with Gasteiger partial charge in [0.05, 0.1) is 21.7 Å². The first kappa shape index (κ1) is 38.8. The quantitative estimate of drug-likeness (QED) is 0.256. The van der Waals surface area contributed by atoms with Crippen molar-refractivity contribution in [2.24, 2.45) is 16.7 Å². The number of nitrogens with zero attached hydrogens (tertiary/aromatic N) is 5. The second kappa shape index (κ2) is 14.2. The fourth-order valence-corrected chi connectivity index (χ4v) is 11.1. The SMILES string of the molecule is CC1(C)C(Oc2ccc(C#N)c(Cl)c2)C(C)(C)C1N1Cc2cc(C#CC3CN(C4CCN(c5ccc6c(c5)C(=O)N(C5CCC(=O)NC5=O)C6=O)CC4)C3)ccc2C1=O. The van der Waals surface area contributed by atoms with Crippen molar-refractivity contribution in [2.45, 2.75) is 84.2 Å². The Morgan fingerprint density at radius 2 is 1.54 bits per heavy atom. The molecule has 5 heterocycles. The molecule has 3 saturated heterocycles. The normalized spacial score (nSPS) is 25.1. The van der Waals surface area contributed by atoms with Crippen molar-refractivity contribution < 1.29 is 28.7 Å². The maximum atomic E-state index is 13.8. The third kappa shape index (κ3) is 6.45. The van der Waals surface area contributed by atoms with Gasteiger partial charge in [0.2, 0.25) is 11.8 Å². The van der Waals surface area contributed by atoms with E-state index in [1.165, 1.54) is 0 Å². The van der Waals surface area contributed by atoms with Crippen LogP contribution in [-0.2, 0) is 16.1 Å². The number of nitriles is 1. The zero-order chi connectivity index (χ0) is 41.5. The Morgan fingerprint density at radius 1 is 0.831 bits per heavy atom. The number of ether oxygens (including phenoxy) is 1. The molecule has 5 aliphatic heterocycles. The standard InChI is InChI=1S/C46H45ClN6O6/c1-45(2)43(46(3,4)44(45)59-32-10-8-28(22-48)36(47)21-32)52-25-29-19-26(7-11-33(29)40(52)56)5-6-27-23-51(24-27)30-15-17-50(18-16-30)31-9-12-34-35(20-31)42(58)53(41(34)57)37-13-14-38(54)49-39(37)55/h7-12,19-21,27,30,37,43-44H,13-18,23-25H2,1-4H3,(H,49,54,55). The number of imide groups is 2. The lowest BCUT2D eigenvalue weighted by Crippen LogP contribution is -2.74. The van der Waals surface area contributed by atoms with Crippen LogP contribution in [0.4, 0.5) is 5.69 Å². The Kier molecular flexibility index (Phi) is 9.37. The number of halogens is 1. The van der Waals surface area contributed by atoms with Crippen LogP contribution in [0.5, 0.6) is 5.75 Å². The number of fused-ring (bicyclic) bond motifs is 2. The number of carbonyl (C=O) groups excluding carboxylic acids is 5. The molecule has 0 bridgehead atoms. The summed E-state index contributed by atoms with van der Waals surface area (Å²) in [6.07, 6.45) is 1.97. The highest BCUT2D eigenvalue weighted by atomic mass is 35.5. The van der Waals surface area contributed by atoms with Gasteiger partial charge in [-0.3, -0.25) is 39.1 Å². The fraction of sp³-hybridized carbons (Fsp3) is 0.435. The zero-order valence-corrected chi connectivity index (χ0v) is 34.3. The molecule has 0 spiro atoms. The van der Waals surface area contributed by atoms with Gasteiger partial charge in [-0.25, -0.2) is 0 Å². The molecular weight excluding hydrogens is 768 g/mol. The van der Waals surface area contributed by atoms with Crippen LogP contribution in [0.2, 0.25) is 5.02 Å². The van der Waals surface area contributed by atoms with Gasteiger partial charge < -0.3 is 14.5 Å². The average Bonchev–Trinajstić information content (AvgIpc) is 3.63. The molecule has 1 saturated carbocycles. The lowest BCUT2D eigenvalue weighted by Gasteiger charge is -2.65. The number of anilines is 1. The number of benzene rings is 3. The summed E-state index contributed by atoms with van der Waals surface area (Å²) in [6.45, 7) is 12.5. The molecule has 302 valence electrons. The van der Waals surface area contributed by atoms with E-state index in [9.17, 15) is 29.2 Å². The Labute approximate surface area is 348 Å². The van der Waals surface area contributed by atoms with Gasteiger partial charge in [-0.05, 0) is 73.4 Å². The summed E-state index contributed by atoms with van der Waals surface area (Å²) < 4.78 is 6.47. The molecule has 12 nitrogen and oxygen atoms in total. The predicted molar refractivity (Wildman–Crippen MR) is 219 cm³/mol. The smallest absolute Gasteiger partial charge is 0.262 e. The van der Waals surface area contributed by atoms with Crippen LogP contribution in [-0.4, -0.2) is 94.6 Å². The maximum Gasteiger partial charge on any atom is 0.262 e. The number of nitrogens with one attached hydrogen (secondary N) is 1. The molecule has 9 rings (SSSR count). The summed E-state index contributed by atoms with van der Waals surface area (Å²) in [6, 6.07) is 17.8. The van der Waals surface area contributed by atoms with Crippen molar-refractivity contribution in [3.63, 3.8) is 0 Å². The molecule has 6 aliphatic rings. The number of carbonyl (C=O) groups is 5. The largest absolute Gasteiger partial charge is 0.489 e. The van der Waals surface area contributed by atoms with E-state index in [-0.39, 0.29) is 53.2 Å². The van der Waals surface area contributed by atoms with Crippen molar-refractivity contribution in [3.05, 3.63) is 93.0 Å². The van der Waals surface area contributed by atoms with Crippen molar-refractivity contribution in [1.82, 2.24) is 20.0 Å². The van der Waals surface area contributed by atoms with E-state index in [1.807, 2.05) is 23.1 Å².